The zero-order chi connectivity index (χ0) is 21.7. The summed E-state index contributed by atoms with van der Waals surface area (Å²) in [4.78, 5) is 3.51. The summed E-state index contributed by atoms with van der Waals surface area (Å²) < 4.78 is 10.9. The fourth-order valence-corrected chi connectivity index (χ4v) is 5.13. The molecule has 1 aliphatic carbocycles. The molecule has 7 heteroatoms. The molecule has 0 saturated carbocycles. The molecule has 2 N–H and O–H groups in total. The largest absolute Gasteiger partial charge is 0.389 e. The van der Waals surface area contributed by atoms with Gasteiger partial charge in [-0.2, -0.15) is 0 Å². The minimum Gasteiger partial charge on any atom is -0.389 e. The van der Waals surface area contributed by atoms with Crippen LogP contribution in [-0.2, 0) is 11.2 Å². The number of hydrogen-bond acceptors (Lipinski definition) is 5. The number of morpholine rings is 1. The fraction of sp³-hybridized carbons (Fsp3) is 0.292. The van der Waals surface area contributed by atoms with Gasteiger partial charge in [0.2, 0.25) is 0 Å². The van der Waals surface area contributed by atoms with Crippen LogP contribution in [0.5, 0.6) is 0 Å². The maximum atomic E-state index is 6.15. The van der Waals surface area contributed by atoms with Gasteiger partial charge in [-0.3, -0.25) is 0 Å². The van der Waals surface area contributed by atoms with Gasteiger partial charge in [0.15, 0.2) is 0 Å². The van der Waals surface area contributed by atoms with Crippen molar-refractivity contribution in [3.05, 3.63) is 64.0 Å². The highest BCUT2D eigenvalue weighted by molar-refractivity contribution is 7.80. The smallest absolute Gasteiger partial charge is 0.141 e. The standard InChI is InChI=1S/C24H23N3O2S2/c1-13-22(14(2)29-26-13)17-11-19-18-4-3-15(24(31)27-5-7-28-8-6-27)9-16(18)10-20(19)21(12-17)23(25)30/h3-4,9,11-12H,5-8,10H2,1-2H3,(H2,25,30). The Labute approximate surface area is 192 Å². The van der Waals surface area contributed by atoms with Crippen LogP contribution in [0.3, 0.4) is 0 Å². The number of aryl methyl sites for hydroxylation is 2. The molecule has 5 rings (SSSR count). The molecule has 3 aromatic rings. The third-order valence-corrected chi connectivity index (χ3v) is 6.86. The van der Waals surface area contributed by atoms with E-state index in [1.54, 1.807) is 0 Å². The first-order chi connectivity index (χ1) is 14.9. The molecule has 0 radical (unpaired) electrons. The number of nitrogens with zero attached hydrogens (tertiary/aromatic N) is 2. The van der Waals surface area contributed by atoms with E-state index in [0.29, 0.717) is 4.99 Å². The van der Waals surface area contributed by atoms with E-state index in [4.69, 9.17) is 39.4 Å². The van der Waals surface area contributed by atoms with Gasteiger partial charge in [-0.15, -0.1) is 0 Å². The summed E-state index contributed by atoms with van der Waals surface area (Å²) in [7, 11) is 0. The molecule has 1 aromatic heterocycles. The molecule has 2 aromatic carbocycles. The Morgan fingerprint density at radius 2 is 1.84 bits per heavy atom. The lowest BCUT2D eigenvalue weighted by molar-refractivity contribution is 0.0693. The second-order valence-corrected chi connectivity index (χ2v) is 8.89. The van der Waals surface area contributed by atoms with Gasteiger partial charge in [0, 0.05) is 29.8 Å². The topological polar surface area (TPSA) is 64.5 Å². The molecule has 31 heavy (non-hydrogen) atoms. The van der Waals surface area contributed by atoms with Gasteiger partial charge in [-0.1, -0.05) is 41.7 Å². The van der Waals surface area contributed by atoms with Crippen LogP contribution >= 0.6 is 24.4 Å². The third-order valence-electron chi connectivity index (χ3n) is 6.15. The van der Waals surface area contributed by atoms with Crippen molar-refractivity contribution in [3.8, 4) is 22.3 Å². The number of fused-ring (bicyclic) bond motifs is 3. The Balaban J connectivity index is 1.58. The van der Waals surface area contributed by atoms with Gasteiger partial charge >= 0.3 is 0 Å². The summed E-state index contributed by atoms with van der Waals surface area (Å²) in [6.45, 7) is 6.99. The number of benzene rings is 2. The van der Waals surface area contributed by atoms with Crippen LogP contribution in [0.15, 0.2) is 34.9 Å². The van der Waals surface area contributed by atoms with E-state index in [0.717, 1.165) is 71.4 Å². The van der Waals surface area contributed by atoms with Gasteiger partial charge in [-0.25, -0.2) is 0 Å². The van der Waals surface area contributed by atoms with Gasteiger partial charge < -0.3 is 19.9 Å². The van der Waals surface area contributed by atoms with Crippen LogP contribution in [0.2, 0.25) is 0 Å². The Kier molecular flexibility index (Phi) is 5.12. The molecule has 0 spiro atoms. The summed E-state index contributed by atoms with van der Waals surface area (Å²) in [6.07, 6.45) is 0.790. The van der Waals surface area contributed by atoms with Crippen LogP contribution in [-0.4, -0.2) is 46.3 Å². The SMILES string of the molecule is Cc1noc(C)c1-c1cc(C(N)=S)c2c(c1)-c1ccc(C(=S)N3CCOCC3)cc1C2. The van der Waals surface area contributed by atoms with Crippen LogP contribution in [0.25, 0.3) is 22.3 Å². The van der Waals surface area contributed by atoms with Crippen molar-refractivity contribution in [1.82, 2.24) is 10.1 Å². The zero-order valence-electron chi connectivity index (χ0n) is 17.5. The first-order valence-electron chi connectivity index (χ1n) is 10.3. The zero-order valence-corrected chi connectivity index (χ0v) is 19.2. The molecule has 1 fully saturated rings. The molecule has 1 aliphatic heterocycles. The summed E-state index contributed by atoms with van der Waals surface area (Å²) >= 11 is 11.2. The molecule has 0 unspecified atom stereocenters. The minimum atomic E-state index is 0.404. The Bertz CT molecular complexity index is 1210. The Morgan fingerprint density at radius 1 is 1.06 bits per heavy atom. The monoisotopic (exact) mass is 449 g/mol. The van der Waals surface area contributed by atoms with Crippen molar-refractivity contribution in [1.29, 1.82) is 0 Å². The van der Waals surface area contributed by atoms with Crippen molar-refractivity contribution >= 4 is 34.4 Å². The predicted octanol–water partition coefficient (Wildman–Crippen LogP) is 4.17. The van der Waals surface area contributed by atoms with Gasteiger partial charge in [-0.05, 0) is 66.3 Å². The van der Waals surface area contributed by atoms with E-state index in [-0.39, 0.29) is 0 Å². The lowest BCUT2D eigenvalue weighted by Crippen LogP contribution is -2.40. The van der Waals surface area contributed by atoms with Crippen molar-refractivity contribution < 1.29 is 9.26 Å². The first kappa shape index (κ1) is 20.3. The van der Waals surface area contributed by atoms with E-state index in [9.17, 15) is 0 Å². The number of aromatic nitrogens is 1. The van der Waals surface area contributed by atoms with Crippen LogP contribution < -0.4 is 5.73 Å². The fourth-order valence-electron chi connectivity index (χ4n) is 4.64. The molecule has 0 amide bonds. The molecule has 0 bridgehead atoms. The summed E-state index contributed by atoms with van der Waals surface area (Å²) in [5.41, 5.74) is 15.8. The normalized spacial score (nSPS) is 15.0. The third kappa shape index (κ3) is 3.46. The minimum absolute atomic E-state index is 0.404. The van der Waals surface area contributed by atoms with Crippen molar-refractivity contribution in [2.24, 2.45) is 5.73 Å². The van der Waals surface area contributed by atoms with Crippen molar-refractivity contribution in [2.75, 3.05) is 26.3 Å². The predicted molar refractivity (Wildman–Crippen MR) is 130 cm³/mol. The molecular formula is C24H23N3O2S2. The maximum absolute atomic E-state index is 6.15. The number of hydrogen-bond donors (Lipinski definition) is 1. The second-order valence-electron chi connectivity index (χ2n) is 8.07. The second kappa shape index (κ2) is 7.82. The van der Waals surface area contributed by atoms with E-state index in [2.05, 4.69) is 40.4 Å². The molecule has 5 nitrogen and oxygen atoms in total. The van der Waals surface area contributed by atoms with Crippen molar-refractivity contribution in [2.45, 2.75) is 20.3 Å². The highest BCUT2D eigenvalue weighted by Gasteiger charge is 2.26. The summed E-state index contributed by atoms with van der Waals surface area (Å²) in [5.74, 6) is 0.788. The molecule has 2 heterocycles. The summed E-state index contributed by atoms with van der Waals surface area (Å²) in [6, 6.07) is 10.8. The molecule has 158 valence electrons. The van der Waals surface area contributed by atoms with Crippen LogP contribution in [0.1, 0.15) is 33.7 Å². The first-order valence-corrected chi connectivity index (χ1v) is 11.2. The van der Waals surface area contributed by atoms with Gasteiger partial charge in [0.1, 0.15) is 15.7 Å². The highest BCUT2D eigenvalue weighted by Crippen LogP contribution is 2.42. The van der Waals surface area contributed by atoms with E-state index in [1.165, 1.54) is 22.3 Å². The maximum Gasteiger partial charge on any atom is 0.141 e. The molecule has 0 atom stereocenters. The average Bonchev–Trinajstić information content (AvgIpc) is 3.31. The van der Waals surface area contributed by atoms with Crippen molar-refractivity contribution in [3.63, 3.8) is 0 Å². The van der Waals surface area contributed by atoms with Gasteiger partial charge in [0.05, 0.1) is 18.9 Å². The van der Waals surface area contributed by atoms with Crippen LogP contribution in [0, 0.1) is 13.8 Å². The van der Waals surface area contributed by atoms with E-state index < -0.39 is 0 Å². The molecule has 1 saturated heterocycles. The summed E-state index contributed by atoms with van der Waals surface area (Å²) in [5, 5.41) is 4.11. The van der Waals surface area contributed by atoms with E-state index >= 15 is 0 Å². The highest BCUT2D eigenvalue weighted by atomic mass is 32.1. The van der Waals surface area contributed by atoms with E-state index in [1.807, 2.05) is 13.8 Å². The molecular weight excluding hydrogens is 426 g/mol. The lowest BCUT2D eigenvalue weighted by Gasteiger charge is -2.29. The number of ether oxygens (including phenoxy) is 1. The molecule has 2 aliphatic rings. The van der Waals surface area contributed by atoms with Gasteiger partial charge in [0.25, 0.3) is 0 Å². The number of rotatable bonds is 3. The quantitative estimate of drug-likeness (QED) is 0.471. The lowest BCUT2D eigenvalue weighted by atomic mass is 9.93. The number of nitrogens with two attached hydrogens (primary N) is 1. The Hall–Kier alpha value is -2.61. The van der Waals surface area contributed by atoms with Crippen LogP contribution in [0.4, 0.5) is 0 Å². The number of thiocarbonyl (C=S) groups is 2. The Morgan fingerprint density at radius 3 is 2.52 bits per heavy atom. The average molecular weight is 450 g/mol.